The predicted molar refractivity (Wildman–Crippen MR) is 106 cm³/mol. The molecule has 0 N–H and O–H groups in total. The van der Waals surface area contributed by atoms with Crippen LogP contribution in [0.5, 0.6) is 0 Å². The third-order valence-electron chi connectivity index (χ3n) is 3.12. The summed E-state index contributed by atoms with van der Waals surface area (Å²) < 4.78 is 12.7. The second-order valence-corrected chi connectivity index (χ2v) is 10.3. The Morgan fingerprint density at radius 2 is 0.960 bits per heavy atom. The fraction of sp³-hybridized carbons (Fsp3) is 1.00. The van der Waals surface area contributed by atoms with Crippen molar-refractivity contribution in [2.75, 3.05) is 13.2 Å². The monoisotopic (exact) mass is 468 g/mol. The van der Waals surface area contributed by atoms with Crippen molar-refractivity contribution in [2.45, 2.75) is 114 Å². The van der Waals surface area contributed by atoms with E-state index in [1.165, 1.54) is 39.5 Å². The fourth-order valence-corrected chi connectivity index (χ4v) is 5.67. The Balaban J connectivity index is -0.000000291. The van der Waals surface area contributed by atoms with E-state index in [4.69, 9.17) is 9.47 Å². The summed E-state index contributed by atoms with van der Waals surface area (Å²) in [6.45, 7) is 13.0. The molecular weight excluding hydrogens is 423 g/mol. The van der Waals surface area contributed by atoms with Gasteiger partial charge in [-0.3, -0.25) is 0 Å². The summed E-state index contributed by atoms with van der Waals surface area (Å²) in [5.74, 6) is 0. The van der Waals surface area contributed by atoms with Crippen molar-refractivity contribution in [3.8, 4) is 0 Å². The maximum absolute atomic E-state index is 10.2. The summed E-state index contributed by atoms with van der Waals surface area (Å²) in [6, 6.07) is 0. The number of unbranched alkanes of at least 4 members (excludes halogenated alkanes) is 4. The number of rotatable bonds is 14. The van der Waals surface area contributed by atoms with Gasteiger partial charge in [-0.2, -0.15) is 0 Å². The third-order valence-corrected chi connectivity index (χ3v) is 7.15. The Hall–Kier alpha value is 0.639. The van der Waals surface area contributed by atoms with Gasteiger partial charge in [0, 0.05) is 13.2 Å². The molecule has 0 aromatic heterocycles. The average molecular weight is 467 g/mol. The van der Waals surface area contributed by atoms with Crippen LogP contribution in [-0.2, 0) is 9.47 Å². The van der Waals surface area contributed by atoms with Crippen molar-refractivity contribution in [1.29, 1.82) is 0 Å². The van der Waals surface area contributed by atoms with E-state index in [-0.39, 0.29) is 21.1 Å². The number of ether oxygens (including phenoxy) is 2. The second-order valence-electron chi connectivity index (χ2n) is 6.04. The zero-order chi connectivity index (χ0) is 19.8. The van der Waals surface area contributed by atoms with Crippen LogP contribution in [0.25, 0.3) is 0 Å². The van der Waals surface area contributed by atoms with Gasteiger partial charge < -0.3 is 19.7 Å². The van der Waals surface area contributed by atoms with Crippen LogP contribution < -0.4 is 10.2 Å². The molecule has 0 bridgehead atoms. The van der Waals surface area contributed by atoms with E-state index in [1.807, 2.05) is 0 Å². The molecule has 0 saturated heterocycles. The number of hydrogen-bond donors (Lipinski definition) is 0. The SMILES string of the molecule is CCCCOC(C)[O-].CCCCOC(C)[O-].CCC[CH2][Sn+2][CH2]CCC. The summed E-state index contributed by atoms with van der Waals surface area (Å²) in [6.07, 6.45) is 8.31. The molecule has 0 spiro atoms. The van der Waals surface area contributed by atoms with Crippen molar-refractivity contribution in [3.63, 3.8) is 0 Å². The Kier molecular flexibility index (Phi) is 35.7. The van der Waals surface area contributed by atoms with Gasteiger partial charge in [0.05, 0.1) is 0 Å². The standard InChI is InChI=1S/2C6H13O2.2C4H9.Sn/c2*1-3-4-5-8-6(2)7;2*1-3-4-2;/h2*6H,3-5H2,1-2H3;2*1,3-4H2,2H3;/q2*-1;;;+2. The van der Waals surface area contributed by atoms with Crippen molar-refractivity contribution < 1.29 is 19.7 Å². The fourth-order valence-electron chi connectivity index (χ4n) is 1.52. The molecule has 25 heavy (non-hydrogen) atoms. The minimum atomic E-state index is -0.846. The Morgan fingerprint density at radius 3 is 1.20 bits per heavy atom. The molecule has 0 aromatic carbocycles. The van der Waals surface area contributed by atoms with E-state index in [0.29, 0.717) is 13.2 Å². The van der Waals surface area contributed by atoms with Crippen LogP contribution in [0.2, 0.25) is 8.87 Å². The molecule has 0 fully saturated rings. The van der Waals surface area contributed by atoms with Crippen molar-refractivity contribution >= 4 is 21.1 Å². The van der Waals surface area contributed by atoms with E-state index in [1.54, 1.807) is 8.87 Å². The zero-order valence-electron chi connectivity index (χ0n) is 17.8. The van der Waals surface area contributed by atoms with Crippen LogP contribution in [-0.4, -0.2) is 46.9 Å². The molecular formula is C20H44O4Sn. The normalized spacial score (nSPS) is 12.2. The predicted octanol–water partition coefficient (Wildman–Crippen LogP) is 4.15. The second kappa shape index (κ2) is 29.4. The van der Waals surface area contributed by atoms with Crippen LogP contribution in [0, 0.1) is 0 Å². The van der Waals surface area contributed by atoms with E-state index < -0.39 is 12.6 Å². The van der Waals surface area contributed by atoms with Crippen molar-refractivity contribution in [3.05, 3.63) is 0 Å². The van der Waals surface area contributed by atoms with Crippen LogP contribution >= 0.6 is 0 Å². The molecule has 0 aliphatic carbocycles. The molecule has 0 radical (unpaired) electrons. The first-order valence-corrected chi connectivity index (χ1v) is 14.2. The maximum atomic E-state index is 10.2. The average Bonchev–Trinajstić information content (AvgIpc) is 2.56. The molecule has 0 amide bonds. The molecule has 0 aliphatic rings. The molecule has 2 unspecified atom stereocenters. The molecule has 0 heterocycles. The Bertz CT molecular complexity index is 182. The van der Waals surface area contributed by atoms with Crippen LogP contribution in [0.3, 0.4) is 0 Å². The molecule has 0 rings (SSSR count). The molecule has 5 heteroatoms. The molecule has 0 aliphatic heterocycles. The number of hydrogen-bond acceptors (Lipinski definition) is 4. The van der Waals surface area contributed by atoms with Crippen LogP contribution in [0.15, 0.2) is 0 Å². The summed E-state index contributed by atoms with van der Waals surface area (Å²) in [7, 11) is 0. The molecule has 0 aromatic rings. The summed E-state index contributed by atoms with van der Waals surface area (Å²) in [5.41, 5.74) is 0. The topological polar surface area (TPSA) is 64.6 Å². The van der Waals surface area contributed by atoms with E-state index >= 15 is 0 Å². The minimum absolute atomic E-state index is 0.149. The summed E-state index contributed by atoms with van der Waals surface area (Å²) in [5, 5.41) is 20.4. The quantitative estimate of drug-likeness (QED) is 0.219. The van der Waals surface area contributed by atoms with Gasteiger partial charge in [-0.15, -0.1) is 0 Å². The van der Waals surface area contributed by atoms with Gasteiger partial charge in [0.1, 0.15) is 0 Å². The van der Waals surface area contributed by atoms with Gasteiger partial charge in [-0.05, 0) is 25.4 Å². The van der Waals surface area contributed by atoms with Gasteiger partial charge in [0.2, 0.25) is 0 Å². The molecule has 152 valence electrons. The van der Waals surface area contributed by atoms with Gasteiger partial charge in [-0.1, -0.05) is 40.5 Å². The third kappa shape index (κ3) is 45.6. The molecule has 4 nitrogen and oxygen atoms in total. The molecule has 0 saturated carbocycles. The van der Waals surface area contributed by atoms with Gasteiger partial charge in [0.15, 0.2) is 0 Å². The Labute approximate surface area is 168 Å². The van der Waals surface area contributed by atoms with E-state index in [0.717, 1.165) is 25.7 Å². The van der Waals surface area contributed by atoms with Crippen LogP contribution in [0.1, 0.15) is 92.9 Å². The molecule has 2 atom stereocenters. The van der Waals surface area contributed by atoms with Gasteiger partial charge in [-0.25, -0.2) is 0 Å². The van der Waals surface area contributed by atoms with Crippen LogP contribution in [0.4, 0.5) is 0 Å². The van der Waals surface area contributed by atoms with Crippen molar-refractivity contribution in [1.82, 2.24) is 0 Å². The van der Waals surface area contributed by atoms with Gasteiger partial charge in [0.25, 0.3) is 0 Å². The summed E-state index contributed by atoms with van der Waals surface area (Å²) in [4.78, 5) is 0. The first-order valence-electron chi connectivity index (χ1n) is 10.2. The Morgan fingerprint density at radius 1 is 0.640 bits per heavy atom. The first kappa shape index (κ1) is 30.4. The summed E-state index contributed by atoms with van der Waals surface area (Å²) >= 11 is 0.149. The van der Waals surface area contributed by atoms with E-state index in [2.05, 4.69) is 27.7 Å². The first-order chi connectivity index (χ1) is 12.0. The zero-order valence-corrected chi connectivity index (χ0v) is 20.6. The van der Waals surface area contributed by atoms with Gasteiger partial charge >= 0.3 is 69.5 Å². The van der Waals surface area contributed by atoms with E-state index in [9.17, 15) is 10.2 Å². The van der Waals surface area contributed by atoms with Crippen molar-refractivity contribution in [2.24, 2.45) is 0 Å².